The summed E-state index contributed by atoms with van der Waals surface area (Å²) in [6.45, 7) is 2.70. The second-order valence-corrected chi connectivity index (χ2v) is 9.64. The average Bonchev–Trinajstić information content (AvgIpc) is 3.14. The van der Waals surface area contributed by atoms with Crippen molar-refractivity contribution in [3.8, 4) is 0 Å². The van der Waals surface area contributed by atoms with E-state index in [1.165, 1.54) is 17.7 Å². The number of aromatic nitrogens is 2. The van der Waals surface area contributed by atoms with E-state index >= 15 is 0 Å². The molecule has 1 aliphatic rings. The number of fused-ring (bicyclic) bond motifs is 1. The fourth-order valence-electron chi connectivity index (χ4n) is 3.96. The summed E-state index contributed by atoms with van der Waals surface area (Å²) in [5.74, 6) is 0.719. The number of nitrogens with zero attached hydrogens (tertiary/aromatic N) is 6. The van der Waals surface area contributed by atoms with Crippen LogP contribution in [0.15, 0.2) is 29.9 Å². The van der Waals surface area contributed by atoms with Crippen molar-refractivity contribution in [1.29, 1.82) is 0 Å². The molecule has 15 heteroatoms. The standard InChI is InChI=1S/C18H18N6O7S2/c1-11-9-32-17-16(11)19-10-20-18(17)21-6-4-12(5-7-21)22(33(29,30)31)14-3-2-13(23(25)26)8-15(14)24(27)28/h2-3,8-10,12H,4-7H2,1H3,(H,29,30,31). The molecule has 1 aromatic carbocycles. The lowest BCUT2D eigenvalue weighted by molar-refractivity contribution is -0.393. The van der Waals surface area contributed by atoms with Crippen LogP contribution in [-0.2, 0) is 10.3 Å². The highest BCUT2D eigenvalue weighted by molar-refractivity contribution is 7.87. The highest BCUT2D eigenvalue weighted by atomic mass is 32.2. The normalized spacial score (nSPS) is 15.0. The number of aryl methyl sites for hydroxylation is 1. The van der Waals surface area contributed by atoms with Crippen LogP contribution >= 0.6 is 11.3 Å². The van der Waals surface area contributed by atoms with Crippen molar-refractivity contribution in [3.63, 3.8) is 0 Å². The van der Waals surface area contributed by atoms with Gasteiger partial charge in [-0.2, -0.15) is 8.42 Å². The van der Waals surface area contributed by atoms with E-state index in [2.05, 4.69) is 9.97 Å². The minimum Gasteiger partial charge on any atom is -0.355 e. The summed E-state index contributed by atoms with van der Waals surface area (Å²) in [5, 5.41) is 24.5. The van der Waals surface area contributed by atoms with Gasteiger partial charge in [-0.3, -0.25) is 24.8 Å². The molecule has 0 amide bonds. The van der Waals surface area contributed by atoms with Gasteiger partial charge in [-0.15, -0.1) is 11.3 Å². The van der Waals surface area contributed by atoms with Crippen molar-refractivity contribution in [2.75, 3.05) is 22.3 Å². The van der Waals surface area contributed by atoms with Gasteiger partial charge in [0.2, 0.25) is 0 Å². The molecule has 0 atom stereocenters. The number of nitro groups is 2. The van der Waals surface area contributed by atoms with E-state index in [0.717, 1.165) is 33.7 Å². The lowest BCUT2D eigenvalue weighted by Crippen LogP contribution is -2.48. The smallest absolute Gasteiger partial charge is 0.355 e. The molecule has 3 heterocycles. The van der Waals surface area contributed by atoms with Gasteiger partial charge in [0.05, 0.1) is 32.2 Å². The summed E-state index contributed by atoms with van der Waals surface area (Å²) < 4.78 is 35.9. The van der Waals surface area contributed by atoms with E-state index < -0.39 is 43.3 Å². The Morgan fingerprint density at radius 3 is 2.48 bits per heavy atom. The number of piperidine rings is 1. The van der Waals surface area contributed by atoms with Crippen molar-refractivity contribution in [2.24, 2.45) is 0 Å². The zero-order chi connectivity index (χ0) is 23.9. The van der Waals surface area contributed by atoms with Crippen LogP contribution in [0.3, 0.4) is 0 Å². The van der Waals surface area contributed by atoms with Gasteiger partial charge in [0.25, 0.3) is 11.4 Å². The molecular formula is C18H18N6O7S2. The summed E-state index contributed by atoms with van der Waals surface area (Å²) in [6, 6.07) is 1.82. The highest BCUT2D eigenvalue weighted by Gasteiger charge is 2.37. The van der Waals surface area contributed by atoms with E-state index in [-0.39, 0.29) is 12.8 Å². The molecule has 33 heavy (non-hydrogen) atoms. The van der Waals surface area contributed by atoms with Gasteiger partial charge in [-0.25, -0.2) is 14.3 Å². The first-order valence-corrected chi connectivity index (χ1v) is 12.0. The fraction of sp³-hybridized carbons (Fsp3) is 0.333. The molecule has 174 valence electrons. The SMILES string of the molecule is Cc1csc2c(N3CCC(N(c4ccc([N+](=O)[O-])cc4[N+](=O)[O-])S(=O)(=O)O)CC3)ncnc12. The Bertz CT molecular complexity index is 1350. The zero-order valence-electron chi connectivity index (χ0n) is 17.2. The van der Waals surface area contributed by atoms with Gasteiger partial charge in [0, 0.05) is 19.2 Å². The Morgan fingerprint density at radius 1 is 1.18 bits per heavy atom. The Hall–Kier alpha value is -3.43. The number of rotatable bonds is 6. The lowest BCUT2D eigenvalue weighted by atomic mass is 10.0. The van der Waals surface area contributed by atoms with Gasteiger partial charge in [-0.1, -0.05) is 0 Å². The number of non-ortho nitro benzene ring substituents is 1. The first-order valence-electron chi connectivity index (χ1n) is 9.71. The predicted molar refractivity (Wildman–Crippen MR) is 121 cm³/mol. The predicted octanol–water partition coefficient (Wildman–Crippen LogP) is 3.09. The van der Waals surface area contributed by atoms with Crippen LogP contribution in [0.2, 0.25) is 0 Å². The fourth-order valence-corrected chi connectivity index (χ4v) is 5.97. The second-order valence-electron chi connectivity index (χ2n) is 7.47. The topological polar surface area (TPSA) is 173 Å². The molecule has 1 N–H and O–H groups in total. The molecule has 0 radical (unpaired) electrons. The maximum absolute atomic E-state index is 12.2. The first kappa shape index (κ1) is 22.8. The van der Waals surface area contributed by atoms with E-state index in [9.17, 15) is 33.2 Å². The van der Waals surface area contributed by atoms with Crippen LogP contribution in [-0.4, -0.2) is 51.9 Å². The molecule has 0 unspecified atom stereocenters. The van der Waals surface area contributed by atoms with Crippen LogP contribution < -0.4 is 9.21 Å². The lowest BCUT2D eigenvalue weighted by Gasteiger charge is -2.37. The number of nitro benzene ring substituents is 2. The summed E-state index contributed by atoms with van der Waals surface area (Å²) in [6.07, 6.45) is 1.95. The second kappa shape index (κ2) is 8.49. The molecule has 3 aromatic rings. The molecule has 0 spiro atoms. The highest BCUT2D eigenvalue weighted by Crippen LogP contribution is 2.38. The van der Waals surface area contributed by atoms with Crippen LogP contribution in [0.1, 0.15) is 18.4 Å². The summed E-state index contributed by atoms with van der Waals surface area (Å²) in [5.41, 5.74) is 0.0972. The van der Waals surface area contributed by atoms with E-state index in [1.54, 1.807) is 0 Å². The monoisotopic (exact) mass is 494 g/mol. The Balaban J connectivity index is 1.65. The molecule has 1 saturated heterocycles. The third-order valence-corrected chi connectivity index (χ3v) is 7.54. The van der Waals surface area contributed by atoms with E-state index in [1.807, 2.05) is 17.2 Å². The van der Waals surface area contributed by atoms with Gasteiger partial charge in [-0.05, 0) is 36.8 Å². The first-order chi connectivity index (χ1) is 15.6. The molecule has 4 rings (SSSR count). The van der Waals surface area contributed by atoms with E-state index in [0.29, 0.717) is 23.5 Å². The van der Waals surface area contributed by atoms with Crippen LogP contribution in [0.25, 0.3) is 10.2 Å². The zero-order valence-corrected chi connectivity index (χ0v) is 18.8. The van der Waals surface area contributed by atoms with Crippen molar-refractivity contribution in [3.05, 3.63) is 55.7 Å². The minimum absolute atomic E-state index is 0.240. The van der Waals surface area contributed by atoms with Crippen LogP contribution in [0.4, 0.5) is 22.9 Å². The van der Waals surface area contributed by atoms with Crippen LogP contribution in [0.5, 0.6) is 0 Å². The number of anilines is 2. The molecule has 0 saturated carbocycles. The average molecular weight is 495 g/mol. The molecule has 1 aliphatic heterocycles. The molecule has 2 aromatic heterocycles. The third-order valence-electron chi connectivity index (χ3n) is 5.46. The molecule has 0 aliphatic carbocycles. The molecule has 1 fully saturated rings. The summed E-state index contributed by atoms with van der Waals surface area (Å²) in [7, 11) is -4.90. The molecule has 0 bridgehead atoms. The van der Waals surface area contributed by atoms with Crippen molar-refractivity contribution in [1.82, 2.24) is 9.97 Å². The van der Waals surface area contributed by atoms with Gasteiger partial charge in [0.15, 0.2) is 0 Å². The largest absolute Gasteiger partial charge is 0.360 e. The Kier molecular flexibility index (Phi) is 5.85. The number of thiophene rings is 1. The van der Waals surface area contributed by atoms with Crippen molar-refractivity contribution >= 4 is 54.7 Å². The Labute approximate surface area is 191 Å². The van der Waals surface area contributed by atoms with Gasteiger partial charge < -0.3 is 4.90 Å². The van der Waals surface area contributed by atoms with E-state index in [4.69, 9.17) is 0 Å². The van der Waals surface area contributed by atoms with Crippen molar-refractivity contribution in [2.45, 2.75) is 25.8 Å². The molecular weight excluding hydrogens is 476 g/mol. The number of hydrogen-bond donors (Lipinski definition) is 1. The number of benzene rings is 1. The third kappa shape index (κ3) is 4.29. The molecule has 13 nitrogen and oxygen atoms in total. The van der Waals surface area contributed by atoms with Gasteiger partial charge in [0.1, 0.15) is 17.8 Å². The maximum Gasteiger partial charge on any atom is 0.360 e. The minimum atomic E-state index is -4.90. The summed E-state index contributed by atoms with van der Waals surface area (Å²) >= 11 is 1.51. The maximum atomic E-state index is 12.2. The van der Waals surface area contributed by atoms with Crippen LogP contribution in [0, 0.1) is 27.2 Å². The summed E-state index contributed by atoms with van der Waals surface area (Å²) in [4.78, 5) is 31.5. The number of hydrogen-bond acceptors (Lipinski definition) is 10. The Morgan fingerprint density at radius 2 is 1.88 bits per heavy atom. The van der Waals surface area contributed by atoms with Gasteiger partial charge >= 0.3 is 10.3 Å². The van der Waals surface area contributed by atoms with Crippen molar-refractivity contribution < 1.29 is 22.8 Å². The quantitative estimate of drug-likeness (QED) is 0.305.